The summed E-state index contributed by atoms with van der Waals surface area (Å²) in [6.45, 7) is 2.83. The summed E-state index contributed by atoms with van der Waals surface area (Å²) in [4.78, 5) is 26.3. The van der Waals surface area contributed by atoms with E-state index in [2.05, 4.69) is 0 Å². The number of fused-ring (bicyclic) bond motifs is 1. The first-order valence-corrected chi connectivity index (χ1v) is 8.15. The Morgan fingerprint density at radius 1 is 1.23 bits per heavy atom. The number of aromatic hydroxyl groups is 1. The number of carbonyl (C=O) groups is 1. The van der Waals surface area contributed by atoms with Crippen LogP contribution in [0.2, 0.25) is 0 Å². The molecule has 0 atom stereocenters. The Hall–Kier alpha value is -2.87. The first-order valence-electron chi connectivity index (χ1n) is 8.15. The molecule has 1 amide bonds. The number of hydrogen-bond acceptors (Lipinski definition) is 5. The van der Waals surface area contributed by atoms with Crippen molar-refractivity contribution in [1.29, 1.82) is 0 Å². The fourth-order valence-corrected chi connectivity index (χ4v) is 2.91. The molecule has 1 aliphatic heterocycles. The number of ether oxygens (including phenoxy) is 1. The van der Waals surface area contributed by atoms with Crippen LogP contribution >= 0.6 is 0 Å². The van der Waals surface area contributed by atoms with Crippen LogP contribution in [0.5, 0.6) is 5.75 Å². The van der Waals surface area contributed by atoms with Crippen molar-refractivity contribution in [1.82, 2.24) is 9.58 Å². The number of halogens is 1. The topological polar surface area (TPSA) is 75.0 Å². The molecule has 1 aromatic carbocycles. The van der Waals surface area contributed by atoms with Gasteiger partial charge in [-0.1, -0.05) is 12.1 Å². The van der Waals surface area contributed by atoms with Gasteiger partial charge in [0.05, 0.1) is 13.2 Å². The van der Waals surface area contributed by atoms with Crippen LogP contribution in [0.4, 0.5) is 4.39 Å². The Balaban J connectivity index is 2.03. The van der Waals surface area contributed by atoms with Crippen molar-refractivity contribution >= 4 is 5.91 Å². The van der Waals surface area contributed by atoms with E-state index in [1.807, 2.05) is 0 Å². The monoisotopic (exact) mass is 361 g/mol. The van der Waals surface area contributed by atoms with Crippen molar-refractivity contribution in [2.45, 2.75) is 13.5 Å². The van der Waals surface area contributed by atoms with E-state index in [9.17, 15) is 19.1 Å². The summed E-state index contributed by atoms with van der Waals surface area (Å²) in [6.07, 6.45) is 1.53. The number of amides is 1. The molecule has 0 unspecified atom stereocenters. The Morgan fingerprint density at radius 3 is 2.58 bits per heavy atom. The second kappa shape index (κ2) is 7.17. The van der Waals surface area contributed by atoms with Gasteiger partial charge in [0, 0.05) is 25.4 Å². The molecule has 26 heavy (non-hydrogen) atoms. The lowest BCUT2D eigenvalue weighted by Crippen LogP contribution is -2.54. The van der Waals surface area contributed by atoms with Crippen LogP contribution in [0.15, 0.2) is 35.3 Å². The molecule has 0 saturated heterocycles. The number of nitrogens with zero attached hydrogens (tertiary/aromatic N) is 3. The molecular formula is C18H20FN3O4. The van der Waals surface area contributed by atoms with Crippen LogP contribution in [0.3, 0.4) is 0 Å². The molecule has 7 nitrogen and oxygen atoms in total. The molecular weight excluding hydrogens is 341 g/mol. The Morgan fingerprint density at radius 2 is 1.92 bits per heavy atom. The lowest BCUT2D eigenvalue weighted by molar-refractivity contribution is 0.0620. The van der Waals surface area contributed by atoms with E-state index in [0.717, 1.165) is 5.56 Å². The summed E-state index contributed by atoms with van der Waals surface area (Å²) in [5.74, 6) is -1.34. The van der Waals surface area contributed by atoms with Gasteiger partial charge in [0.25, 0.3) is 5.91 Å². The number of rotatable bonds is 5. The van der Waals surface area contributed by atoms with Gasteiger partial charge in [0.1, 0.15) is 12.5 Å². The molecule has 8 heteroatoms. The van der Waals surface area contributed by atoms with Gasteiger partial charge in [-0.25, -0.2) is 4.39 Å². The normalized spacial score (nSPS) is 13.9. The number of pyridine rings is 1. The lowest BCUT2D eigenvalue weighted by atomic mass is 10.2. The second-order valence-electron chi connectivity index (χ2n) is 6.18. The molecule has 0 fully saturated rings. The summed E-state index contributed by atoms with van der Waals surface area (Å²) >= 11 is 0. The Kier molecular flexibility index (Phi) is 4.94. The quantitative estimate of drug-likeness (QED) is 0.866. The summed E-state index contributed by atoms with van der Waals surface area (Å²) in [5.41, 5.74) is 0.507. The van der Waals surface area contributed by atoms with E-state index >= 15 is 0 Å². The van der Waals surface area contributed by atoms with Crippen molar-refractivity contribution in [2.24, 2.45) is 0 Å². The largest absolute Gasteiger partial charge is 0.502 e. The number of hydrogen-bond donors (Lipinski definition) is 1. The standard InChI is InChI=1S/C18H20FN3O4/c1-12-9-22-15(17(24)16(12)23)18(25)20(7-8-26-2)11-21(22)10-13-3-5-14(19)6-4-13/h3-6,9,24H,7-8,10-11H2,1-2H3. The third-order valence-corrected chi connectivity index (χ3v) is 4.31. The van der Waals surface area contributed by atoms with Crippen molar-refractivity contribution in [3.63, 3.8) is 0 Å². The van der Waals surface area contributed by atoms with E-state index in [4.69, 9.17) is 4.74 Å². The highest BCUT2D eigenvalue weighted by molar-refractivity contribution is 5.96. The maximum Gasteiger partial charge on any atom is 0.277 e. The Bertz CT molecular complexity index is 879. The van der Waals surface area contributed by atoms with Gasteiger partial charge in [0.2, 0.25) is 5.43 Å². The molecule has 0 radical (unpaired) electrons. The number of benzene rings is 1. The maximum absolute atomic E-state index is 13.2. The van der Waals surface area contributed by atoms with Crippen LogP contribution in [0, 0.1) is 12.7 Å². The van der Waals surface area contributed by atoms with Crippen molar-refractivity contribution < 1.29 is 19.0 Å². The highest BCUT2D eigenvalue weighted by Gasteiger charge is 2.32. The van der Waals surface area contributed by atoms with Crippen molar-refractivity contribution in [2.75, 3.05) is 31.9 Å². The highest BCUT2D eigenvalue weighted by Crippen LogP contribution is 2.22. The predicted octanol–water partition coefficient (Wildman–Crippen LogP) is 1.20. The predicted molar refractivity (Wildman–Crippen MR) is 93.2 cm³/mol. The third kappa shape index (κ3) is 3.28. The molecule has 0 spiro atoms. The van der Waals surface area contributed by atoms with Gasteiger partial charge in [-0.3, -0.25) is 19.3 Å². The van der Waals surface area contributed by atoms with Gasteiger partial charge >= 0.3 is 0 Å². The minimum atomic E-state index is -0.570. The van der Waals surface area contributed by atoms with Crippen LogP contribution in [-0.2, 0) is 11.3 Å². The molecule has 0 saturated carbocycles. The molecule has 2 heterocycles. The van der Waals surface area contributed by atoms with E-state index in [1.54, 1.807) is 24.1 Å². The molecule has 3 rings (SSSR count). The summed E-state index contributed by atoms with van der Waals surface area (Å²) in [6, 6.07) is 6.03. The molecule has 138 valence electrons. The van der Waals surface area contributed by atoms with E-state index in [-0.39, 0.29) is 18.2 Å². The summed E-state index contributed by atoms with van der Waals surface area (Å²) in [7, 11) is 1.53. The first kappa shape index (κ1) is 17.9. The smallest absolute Gasteiger partial charge is 0.277 e. The number of carbonyl (C=O) groups excluding carboxylic acids is 1. The minimum Gasteiger partial charge on any atom is -0.502 e. The highest BCUT2D eigenvalue weighted by atomic mass is 19.1. The SMILES string of the molecule is COCCN1CN(Cc2ccc(F)cc2)n2cc(C)c(=O)c(O)c2C1=O. The molecule has 1 aliphatic rings. The van der Waals surface area contributed by atoms with Gasteiger partial charge in [0.15, 0.2) is 11.4 Å². The van der Waals surface area contributed by atoms with Crippen molar-refractivity contribution in [3.8, 4) is 5.75 Å². The summed E-state index contributed by atoms with van der Waals surface area (Å²) in [5, 5.41) is 12.1. The Labute approximate surface area is 149 Å². The zero-order chi connectivity index (χ0) is 18.8. The average Bonchev–Trinajstić information content (AvgIpc) is 2.62. The maximum atomic E-state index is 13.2. The molecule has 1 N–H and O–H groups in total. The number of aryl methyl sites for hydroxylation is 1. The van der Waals surface area contributed by atoms with Gasteiger partial charge < -0.3 is 14.7 Å². The van der Waals surface area contributed by atoms with Gasteiger partial charge in [-0.05, 0) is 24.6 Å². The van der Waals surface area contributed by atoms with E-state index in [0.29, 0.717) is 25.3 Å². The van der Waals surface area contributed by atoms with Crippen LogP contribution in [0.1, 0.15) is 21.6 Å². The number of aromatic nitrogens is 1. The van der Waals surface area contributed by atoms with E-state index in [1.165, 1.54) is 35.0 Å². The average molecular weight is 361 g/mol. The second-order valence-corrected chi connectivity index (χ2v) is 6.18. The third-order valence-electron chi connectivity index (χ3n) is 4.31. The lowest BCUT2D eigenvalue weighted by Gasteiger charge is -2.39. The molecule has 2 aromatic rings. The fourth-order valence-electron chi connectivity index (χ4n) is 2.91. The molecule has 1 aromatic heterocycles. The van der Waals surface area contributed by atoms with Gasteiger partial charge in [-0.15, -0.1) is 0 Å². The minimum absolute atomic E-state index is 0.0786. The number of methoxy groups -OCH3 is 1. The van der Waals surface area contributed by atoms with Crippen LogP contribution < -0.4 is 10.4 Å². The van der Waals surface area contributed by atoms with Crippen molar-refractivity contribution in [3.05, 3.63) is 63.3 Å². The van der Waals surface area contributed by atoms with E-state index < -0.39 is 17.1 Å². The zero-order valence-electron chi connectivity index (χ0n) is 14.6. The molecule has 0 bridgehead atoms. The first-order chi connectivity index (χ1) is 12.4. The van der Waals surface area contributed by atoms with Gasteiger partial charge in [-0.2, -0.15) is 0 Å². The fraction of sp³-hybridized carbons (Fsp3) is 0.333. The zero-order valence-corrected chi connectivity index (χ0v) is 14.6. The van der Waals surface area contributed by atoms with Crippen LogP contribution in [0.25, 0.3) is 0 Å². The summed E-state index contributed by atoms with van der Waals surface area (Å²) < 4.78 is 19.7. The molecule has 0 aliphatic carbocycles. The van der Waals surface area contributed by atoms with Crippen LogP contribution in [-0.4, -0.2) is 47.5 Å².